The molecule has 3 aromatic rings. The number of nitrogens with one attached hydrogen (secondary N) is 1. The summed E-state index contributed by atoms with van der Waals surface area (Å²) < 4.78 is 44.5. The molecule has 2 aromatic carbocycles. The lowest BCUT2D eigenvalue weighted by Gasteiger charge is -2.26. The highest BCUT2D eigenvalue weighted by molar-refractivity contribution is 6.00. The number of carbonyl (C=O) groups is 1. The summed E-state index contributed by atoms with van der Waals surface area (Å²) in [4.78, 5) is 13.0. The maximum Gasteiger partial charge on any atom is 0.416 e. The van der Waals surface area contributed by atoms with Gasteiger partial charge in [0.15, 0.2) is 5.76 Å². The zero-order valence-corrected chi connectivity index (χ0v) is 15.7. The monoisotopic (exact) mass is 400 g/mol. The number of rotatable bonds is 3. The summed E-state index contributed by atoms with van der Waals surface area (Å²) in [7, 11) is 0. The van der Waals surface area contributed by atoms with Crippen molar-refractivity contribution in [1.82, 2.24) is 10.5 Å². The van der Waals surface area contributed by atoms with E-state index in [1.54, 1.807) is 6.92 Å². The summed E-state index contributed by atoms with van der Waals surface area (Å²) in [6, 6.07) is 12.5. The van der Waals surface area contributed by atoms with Gasteiger partial charge in [-0.05, 0) is 49.4 Å². The van der Waals surface area contributed by atoms with E-state index in [1.807, 2.05) is 24.3 Å². The Balaban J connectivity index is 1.66. The van der Waals surface area contributed by atoms with Crippen molar-refractivity contribution in [2.45, 2.75) is 38.4 Å². The van der Waals surface area contributed by atoms with Crippen LogP contribution in [0.5, 0.6) is 0 Å². The number of hydrogen-bond acceptors (Lipinski definition) is 3. The van der Waals surface area contributed by atoms with E-state index in [0.29, 0.717) is 5.69 Å². The molecule has 1 heterocycles. The maximum absolute atomic E-state index is 13.1. The molecule has 1 aliphatic rings. The van der Waals surface area contributed by atoms with Crippen molar-refractivity contribution in [3.63, 3.8) is 0 Å². The molecular formula is C22H19F3N2O2. The number of aromatic nitrogens is 1. The van der Waals surface area contributed by atoms with Crippen molar-refractivity contribution >= 4 is 5.91 Å². The number of benzene rings is 2. The highest BCUT2D eigenvalue weighted by atomic mass is 19.4. The van der Waals surface area contributed by atoms with Crippen molar-refractivity contribution in [2.75, 3.05) is 0 Å². The fourth-order valence-corrected chi connectivity index (χ4v) is 3.81. The van der Waals surface area contributed by atoms with Gasteiger partial charge in [0.2, 0.25) is 0 Å². The molecular weight excluding hydrogens is 381 g/mol. The third kappa shape index (κ3) is 3.77. The first kappa shape index (κ1) is 19.2. The van der Waals surface area contributed by atoms with Gasteiger partial charge in [-0.25, -0.2) is 0 Å². The van der Waals surface area contributed by atoms with Crippen LogP contribution in [0, 0.1) is 6.92 Å². The minimum Gasteiger partial charge on any atom is -0.355 e. The molecule has 0 bridgehead atoms. The van der Waals surface area contributed by atoms with Gasteiger partial charge in [0.25, 0.3) is 5.91 Å². The molecule has 0 spiro atoms. The molecule has 0 aliphatic heterocycles. The number of carbonyl (C=O) groups excluding carboxylic acids is 1. The highest BCUT2D eigenvalue weighted by Gasteiger charge is 2.32. The summed E-state index contributed by atoms with van der Waals surface area (Å²) in [6.45, 7) is 1.60. The van der Waals surface area contributed by atoms with E-state index in [1.165, 1.54) is 17.7 Å². The van der Waals surface area contributed by atoms with Gasteiger partial charge in [-0.1, -0.05) is 41.6 Å². The quantitative estimate of drug-likeness (QED) is 0.634. The van der Waals surface area contributed by atoms with Gasteiger partial charge in [0.05, 0.1) is 17.3 Å². The summed E-state index contributed by atoms with van der Waals surface area (Å²) in [5.74, 6) is -0.368. The normalized spacial score (nSPS) is 16.3. The second-order valence-corrected chi connectivity index (χ2v) is 7.17. The molecule has 0 fully saturated rings. The molecule has 1 atom stereocenters. The summed E-state index contributed by atoms with van der Waals surface area (Å²) in [6.07, 6.45) is -1.78. The van der Waals surface area contributed by atoms with Crippen molar-refractivity contribution in [1.29, 1.82) is 0 Å². The number of halogens is 3. The largest absolute Gasteiger partial charge is 0.416 e. The van der Waals surface area contributed by atoms with E-state index in [4.69, 9.17) is 4.52 Å². The molecule has 4 nitrogen and oxygen atoms in total. The third-order valence-corrected chi connectivity index (χ3v) is 5.22. The van der Waals surface area contributed by atoms with Crippen molar-refractivity contribution in [3.05, 3.63) is 76.5 Å². The van der Waals surface area contributed by atoms with Crippen LogP contribution in [0.1, 0.15) is 51.6 Å². The lowest BCUT2D eigenvalue weighted by Crippen LogP contribution is -2.31. The van der Waals surface area contributed by atoms with Gasteiger partial charge < -0.3 is 9.84 Å². The summed E-state index contributed by atoms with van der Waals surface area (Å²) >= 11 is 0. The molecule has 29 heavy (non-hydrogen) atoms. The van der Waals surface area contributed by atoms with E-state index < -0.39 is 17.6 Å². The third-order valence-electron chi connectivity index (χ3n) is 5.22. The van der Waals surface area contributed by atoms with Gasteiger partial charge in [0, 0.05) is 5.56 Å². The molecule has 7 heteroatoms. The fraction of sp³-hybridized carbons (Fsp3) is 0.273. The standard InChI is InChI=1S/C22H19F3N2O2/c1-13-19(20(29-27-13)15-8-4-9-16(12-15)22(23,24)25)21(28)26-18-11-5-7-14-6-2-3-10-17(14)18/h2-4,6,8-10,12,18H,5,7,11H2,1H3,(H,26,28)/t18-/m0/s1. The first-order chi connectivity index (χ1) is 13.8. The molecule has 4 rings (SSSR count). The van der Waals surface area contributed by atoms with E-state index in [2.05, 4.69) is 10.5 Å². The predicted octanol–water partition coefficient (Wildman–Crippen LogP) is 5.48. The second-order valence-electron chi connectivity index (χ2n) is 7.17. The Kier molecular flexibility index (Phi) is 4.90. The predicted molar refractivity (Wildman–Crippen MR) is 101 cm³/mol. The minimum absolute atomic E-state index is 0.0372. The van der Waals surface area contributed by atoms with E-state index in [9.17, 15) is 18.0 Å². The van der Waals surface area contributed by atoms with Crippen LogP contribution >= 0.6 is 0 Å². The SMILES string of the molecule is Cc1noc(-c2cccc(C(F)(F)F)c2)c1C(=O)N[C@H]1CCCc2ccccc21. The van der Waals surface area contributed by atoms with Crippen molar-refractivity contribution < 1.29 is 22.5 Å². The summed E-state index contributed by atoms with van der Waals surface area (Å²) in [5, 5.41) is 6.84. The van der Waals surface area contributed by atoms with Crippen LogP contribution in [0.3, 0.4) is 0 Å². The van der Waals surface area contributed by atoms with Crippen LogP contribution in [0.25, 0.3) is 11.3 Å². The highest BCUT2D eigenvalue weighted by Crippen LogP contribution is 2.35. The van der Waals surface area contributed by atoms with Crippen molar-refractivity contribution in [2.24, 2.45) is 0 Å². The first-order valence-electron chi connectivity index (χ1n) is 9.37. The van der Waals surface area contributed by atoms with Crippen LogP contribution in [0.4, 0.5) is 13.2 Å². The minimum atomic E-state index is -4.49. The molecule has 0 saturated carbocycles. The van der Waals surface area contributed by atoms with Gasteiger partial charge in [-0.3, -0.25) is 4.79 Å². The number of aryl methyl sites for hydroxylation is 2. The molecule has 1 aromatic heterocycles. The maximum atomic E-state index is 13.1. The molecule has 0 unspecified atom stereocenters. The van der Waals surface area contributed by atoms with Gasteiger partial charge in [-0.15, -0.1) is 0 Å². The number of alkyl halides is 3. The Labute approximate surface area is 165 Å². The van der Waals surface area contributed by atoms with E-state index >= 15 is 0 Å². The number of nitrogens with zero attached hydrogens (tertiary/aromatic N) is 1. The van der Waals surface area contributed by atoms with Crippen LogP contribution in [0.2, 0.25) is 0 Å². The van der Waals surface area contributed by atoms with Crippen LogP contribution in [-0.2, 0) is 12.6 Å². The Morgan fingerprint density at radius 2 is 1.97 bits per heavy atom. The average Bonchev–Trinajstić information content (AvgIpc) is 3.09. The first-order valence-corrected chi connectivity index (χ1v) is 9.37. The van der Waals surface area contributed by atoms with Crippen LogP contribution < -0.4 is 5.32 Å². The van der Waals surface area contributed by atoms with Crippen molar-refractivity contribution in [3.8, 4) is 11.3 Å². The molecule has 1 aliphatic carbocycles. The van der Waals surface area contributed by atoms with Crippen LogP contribution in [0.15, 0.2) is 53.1 Å². The Hall–Kier alpha value is -3.09. The van der Waals surface area contributed by atoms with Gasteiger partial charge in [-0.2, -0.15) is 13.2 Å². The molecule has 0 saturated heterocycles. The van der Waals surface area contributed by atoms with Gasteiger partial charge >= 0.3 is 6.18 Å². The zero-order chi connectivity index (χ0) is 20.6. The topological polar surface area (TPSA) is 55.1 Å². The second kappa shape index (κ2) is 7.39. The molecule has 1 amide bonds. The summed E-state index contributed by atoms with van der Waals surface area (Å²) in [5.41, 5.74) is 2.11. The molecule has 150 valence electrons. The Morgan fingerprint density at radius 1 is 1.17 bits per heavy atom. The lowest BCUT2D eigenvalue weighted by atomic mass is 9.87. The molecule has 1 N–H and O–H groups in total. The zero-order valence-electron chi connectivity index (χ0n) is 15.7. The Bertz CT molecular complexity index is 1060. The average molecular weight is 400 g/mol. The fourth-order valence-electron chi connectivity index (χ4n) is 3.81. The number of fused-ring (bicyclic) bond motifs is 1. The smallest absolute Gasteiger partial charge is 0.355 e. The number of amides is 1. The van der Waals surface area contributed by atoms with Gasteiger partial charge in [0.1, 0.15) is 5.56 Å². The molecule has 0 radical (unpaired) electrons. The van der Waals surface area contributed by atoms with E-state index in [-0.39, 0.29) is 22.9 Å². The Morgan fingerprint density at radius 3 is 2.76 bits per heavy atom. The van der Waals surface area contributed by atoms with E-state index in [0.717, 1.165) is 37.0 Å². The number of hydrogen-bond donors (Lipinski definition) is 1. The lowest BCUT2D eigenvalue weighted by molar-refractivity contribution is -0.137. The van der Waals surface area contributed by atoms with Crippen LogP contribution in [-0.4, -0.2) is 11.1 Å².